The summed E-state index contributed by atoms with van der Waals surface area (Å²) in [6.07, 6.45) is 0.744. The van der Waals surface area contributed by atoms with Gasteiger partial charge in [0.25, 0.3) is 0 Å². The predicted octanol–water partition coefficient (Wildman–Crippen LogP) is 2.47. The lowest BCUT2D eigenvalue weighted by molar-refractivity contribution is -0.0512. The van der Waals surface area contributed by atoms with Crippen molar-refractivity contribution in [2.75, 3.05) is 34.4 Å². The number of hydrogen-bond donors (Lipinski definition) is 1. The lowest BCUT2D eigenvalue weighted by Gasteiger charge is -2.18. The predicted molar refractivity (Wildman–Crippen MR) is 81.0 cm³/mol. The molecular formula is C15H22F2N2O4. The van der Waals surface area contributed by atoms with Crippen molar-refractivity contribution >= 4 is 6.03 Å². The fraction of sp³-hybridized carbons (Fsp3) is 0.533. The van der Waals surface area contributed by atoms with Gasteiger partial charge in [-0.05, 0) is 24.1 Å². The maximum absolute atomic E-state index is 12.3. The normalized spacial score (nSPS) is 10.5. The van der Waals surface area contributed by atoms with E-state index >= 15 is 0 Å². The van der Waals surface area contributed by atoms with Gasteiger partial charge in [-0.2, -0.15) is 8.78 Å². The maximum atomic E-state index is 12.3. The van der Waals surface area contributed by atoms with E-state index in [1.165, 1.54) is 13.2 Å². The van der Waals surface area contributed by atoms with Crippen LogP contribution in [0, 0.1) is 0 Å². The Kier molecular flexibility index (Phi) is 8.10. The summed E-state index contributed by atoms with van der Waals surface area (Å²) in [5.74, 6) is 0.139. The minimum absolute atomic E-state index is 0.0470. The number of alkyl halides is 2. The molecule has 2 amide bonds. The first-order valence-electron chi connectivity index (χ1n) is 7.07. The number of hydrogen-bond acceptors (Lipinski definition) is 4. The Labute approximate surface area is 134 Å². The molecule has 23 heavy (non-hydrogen) atoms. The summed E-state index contributed by atoms with van der Waals surface area (Å²) < 4.78 is 38.8. The van der Waals surface area contributed by atoms with E-state index in [-0.39, 0.29) is 24.1 Å². The number of ether oxygens (including phenoxy) is 3. The molecule has 0 unspecified atom stereocenters. The third-order valence-corrected chi connectivity index (χ3v) is 3.08. The van der Waals surface area contributed by atoms with Crippen molar-refractivity contribution in [1.82, 2.24) is 10.2 Å². The second-order valence-electron chi connectivity index (χ2n) is 4.79. The van der Waals surface area contributed by atoms with Crippen molar-refractivity contribution in [2.24, 2.45) is 0 Å². The van der Waals surface area contributed by atoms with Gasteiger partial charge in [-0.3, -0.25) is 0 Å². The molecule has 0 aliphatic carbocycles. The van der Waals surface area contributed by atoms with Crippen molar-refractivity contribution in [2.45, 2.75) is 19.6 Å². The zero-order chi connectivity index (χ0) is 17.2. The summed E-state index contributed by atoms with van der Waals surface area (Å²) in [7, 11) is 4.65. The van der Waals surface area contributed by atoms with E-state index < -0.39 is 6.61 Å². The van der Waals surface area contributed by atoms with Gasteiger partial charge >= 0.3 is 12.6 Å². The molecule has 8 heteroatoms. The van der Waals surface area contributed by atoms with Gasteiger partial charge < -0.3 is 24.4 Å². The third kappa shape index (κ3) is 6.68. The standard InChI is InChI=1S/C15H22F2N2O4/c1-19(7-4-8-21-2)15(20)18-10-11-5-6-12(23-14(16)17)13(9-11)22-3/h5-6,9,14H,4,7-8,10H2,1-3H3,(H,18,20). The van der Waals surface area contributed by atoms with Crippen molar-refractivity contribution < 1.29 is 27.8 Å². The number of urea groups is 1. The van der Waals surface area contributed by atoms with Gasteiger partial charge in [-0.1, -0.05) is 6.07 Å². The molecule has 130 valence electrons. The first kappa shape index (κ1) is 19.0. The minimum atomic E-state index is -2.92. The number of nitrogens with one attached hydrogen (secondary N) is 1. The fourth-order valence-corrected chi connectivity index (χ4v) is 1.88. The molecule has 0 radical (unpaired) electrons. The van der Waals surface area contributed by atoms with Crippen LogP contribution in [-0.4, -0.2) is 52.0 Å². The molecule has 0 bridgehead atoms. The summed E-state index contributed by atoms with van der Waals surface area (Å²) in [6.45, 7) is -1.52. The number of benzene rings is 1. The van der Waals surface area contributed by atoms with E-state index in [9.17, 15) is 13.6 Å². The number of amides is 2. The second kappa shape index (κ2) is 9.83. The van der Waals surface area contributed by atoms with Crippen LogP contribution in [0.1, 0.15) is 12.0 Å². The zero-order valence-electron chi connectivity index (χ0n) is 13.5. The highest BCUT2D eigenvalue weighted by Gasteiger charge is 2.12. The Hall–Kier alpha value is -2.09. The Morgan fingerprint density at radius 2 is 2.04 bits per heavy atom. The number of methoxy groups -OCH3 is 2. The van der Waals surface area contributed by atoms with Crippen molar-refractivity contribution in [1.29, 1.82) is 0 Å². The average Bonchev–Trinajstić information content (AvgIpc) is 2.53. The average molecular weight is 332 g/mol. The molecular weight excluding hydrogens is 310 g/mol. The van der Waals surface area contributed by atoms with Crippen LogP contribution in [0.2, 0.25) is 0 Å². The monoisotopic (exact) mass is 332 g/mol. The number of rotatable bonds is 9. The molecule has 0 saturated heterocycles. The topological polar surface area (TPSA) is 60.0 Å². The van der Waals surface area contributed by atoms with E-state index in [0.717, 1.165) is 6.42 Å². The van der Waals surface area contributed by atoms with Crippen LogP contribution < -0.4 is 14.8 Å². The van der Waals surface area contributed by atoms with Gasteiger partial charge in [-0.25, -0.2) is 4.79 Å². The van der Waals surface area contributed by atoms with Crippen LogP contribution in [0.3, 0.4) is 0 Å². The van der Waals surface area contributed by atoms with Gasteiger partial charge in [0.05, 0.1) is 7.11 Å². The van der Waals surface area contributed by atoms with Gasteiger partial charge in [0.15, 0.2) is 11.5 Å². The lowest BCUT2D eigenvalue weighted by atomic mass is 10.2. The quantitative estimate of drug-likeness (QED) is 0.706. The first-order valence-corrected chi connectivity index (χ1v) is 7.07. The molecule has 0 aliphatic rings. The van der Waals surface area contributed by atoms with Crippen LogP contribution in [0.15, 0.2) is 18.2 Å². The molecule has 0 aromatic heterocycles. The molecule has 0 spiro atoms. The zero-order valence-corrected chi connectivity index (χ0v) is 13.5. The maximum Gasteiger partial charge on any atom is 0.387 e. The summed E-state index contributed by atoms with van der Waals surface area (Å²) >= 11 is 0. The molecule has 1 aromatic carbocycles. The lowest BCUT2D eigenvalue weighted by Crippen LogP contribution is -2.37. The Morgan fingerprint density at radius 3 is 2.65 bits per heavy atom. The second-order valence-corrected chi connectivity index (χ2v) is 4.79. The van der Waals surface area contributed by atoms with Crippen molar-refractivity contribution in [3.05, 3.63) is 23.8 Å². The van der Waals surface area contributed by atoms with Crippen molar-refractivity contribution in [3.8, 4) is 11.5 Å². The molecule has 1 aromatic rings. The number of carbonyl (C=O) groups is 1. The highest BCUT2D eigenvalue weighted by Crippen LogP contribution is 2.29. The highest BCUT2D eigenvalue weighted by atomic mass is 19.3. The molecule has 1 N–H and O–H groups in total. The summed E-state index contributed by atoms with van der Waals surface area (Å²) in [6, 6.07) is 4.29. The molecule has 0 fully saturated rings. The van der Waals surface area contributed by atoms with Gasteiger partial charge in [0.1, 0.15) is 0 Å². The molecule has 1 rings (SSSR count). The van der Waals surface area contributed by atoms with Crippen LogP contribution in [0.4, 0.5) is 13.6 Å². The SMILES string of the molecule is COCCCN(C)C(=O)NCc1ccc(OC(F)F)c(OC)c1. The van der Waals surface area contributed by atoms with Gasteiger partial charge in [0.2, 0.25) is 0 Å². The van der Waals surface area contributed by atoms with Gasteiger partial charge in [-0.15, -0.1) is 0 Å². The van der Waals surface area contributed by atoms with E-state index in [1.807, 2.05) is 0 Å². The minimum Gasteiger partial charge on any atom is -0.493 e. The van der Waals surface area contributed by atoms with E-state index in [2.05, 4.69) is 10.1 Å². The number of halogens is 2. The Morgan fingerprint density at radius 1 is 1.30 bits per heavy atom. The molecule has 0 heterocycles. The van der Waals surface area contributed by atoms with Crippen LogP contribution in [0.5, 0.6) is 11.5 Å². The van der Waals surface area contributed by atoms with Crippen LogP contribution >= 0.6 is 0 Å². The molecule has 6 nitrogen and oxygen atoms in total. The van der Waals surface area contributed by atoms with E-state index in [1.54, 1.807) is 31.2 Å². The number of nitrogens with zero attached hydrogens (tertiary/aromatic N) is 1. The molecule has 0 aliphatic heterocycles. The van der Waals surface area contributed by atoms with Crippen molar-refractivity contribution in [3.63, 3.8) is 0 Å². The fourth-order valence-electron chi connectivity index (χ4n) is 1.88. The smallest absolute Gasteiger partial charge is 0.387 e. The van der Waals surface area contributed by atoms with Gasteiger partial charge in [0, 0.05) is 33.9 Å². The van der Waals surface area contributed by atoms with Crippen LogP contribution in [-0.2, 0) is 11.3 Å². The summed E-state index contributed by atoms with van der Waals surface area (Å²) in [5, 5.41) is 2.74. The summed E-state index contributed by atoms with van der Waals surface area (Å²) in [5.41, 5.74) is 0.710. The molecule has 0 saturated carbocycles. The molecule has 0 atom stereocenters. The van der Waals surface area contributed by atoms with E-state index in [4.69, 9.17) is 9.47 Å². The Balaban J connectivity index is 2.55. The number of carbonyl (C=O) groups excluding carboxylic acids is 1. The first-order chi connectivity index (χ1) is 11.0. The Bertz CT molecular complexity index is 500. The third-order valence-electron chi connectivity index (χ3n) is 3.08. The summed E-state index contributed by atoms with van der Waals surface area (Å²) in [4.78, 5) is 13.4. The highest BCUT2D eigenvalue weighted by molar-refractivity contribution is 5.73. The largest absolute Gasteiger partial charge is 0.493 e. The van der Waals surface area contributed by atoms with E-state index in [0.29, 0.717) is 18.7 Å². The van der Waals surface area contributed by atoms with Crippen LogP contribution in [0.25, 0.3) is 0 Å².